The number of methoxy groups -OCH3 is 1. The van der Waals surface area contributed by atoms with Crippen molar-refractivity contribution in [3.63, 3.8) is 0 Å². The van der Waals surface area contributed by atoms with Gasteiger partial charge < -0.3 is 14.8 Å². The maximum Gasteiger partial charge on any atom is 0.255 e. The fourth-order valence-electron chi connectivity index (χ4n) is 2.35. The van der Waals surface area contributed by atoms with Gasteiger partial charge in [0.25, 0.3) is 5.91 Å². The molecule has 0 spiro atoms. The SMILES string of the molecule is COc1ccc2c(c1)C=C(C(=O)Nc1cc(Cl)ccc1C)CO2. The first kappa shape index (κ1) is 15.4. The summed E-state index contributed by atoms with van der Waals surface area (Å²) in [7, 11) is 1.60. The molecular formula is C18H16ClNO3. The van der Waals surface area contributed by atoms with E-state index in [1.807, 2.05) is 37.3 Å². The molecule has 23 heavy (non-hydrogen) atoms. The average Bonchev–Trinajstić information content (AvgIpc) is 2.57. The van der Waals surface area contributed by atoms with Crippen LogP contribution in [-0.4, -0.2) is 19.6 Å². The predicted molar refractivity (Wildman–Crippen MR) is 91.3 cm³/mol. The minimum atomic E-state index is -0.205. The number of anilines is 1. The molecule has 0 fully saturated rings. The smallest absolute Gasteiger partial charge is 0.255 e. The Morgan fingerprint density at radius 3 is 2.87 bits per heavy atom. The first-order valence-electron chi connectivity index (χ1n) is 7.16. The van der Waals surface area contributed by atoms with E-state index in [4.69, 9.17) is 21.1 Å². The maximum absolute atomic E-state index is 12.5. The fourth-order valence-corrected chi connectivity index (χ4v) is 2.52. The average molecular weight is 330 g/mol. The number of hydrogen-bond acceptors (Lipinski definition) is 3. The summed E-state index contributed by atoms with van der Waals surface area (Å²) in [5.74, 6) is 1.25. The zero-order valence-electron chi connectivity index (χ0n) is 12.9. The van der Waals surface area contributed by atoms with Crippen molar-refractivity contribution in [2.45, 2.75) is 6.92 Å². The quantitative estimate of drug-likeness (QED) is 0.923. The molecule has 1 amide bonds. The molecule has 2 aromatic carbocycles. The van der Waals surface area contributed by atoms with Crippen LogP contribution in [0.3, 0.4) is 0 Å². The van der Waals surface area contributed by atoms with E-state index in [1.165, 1.54) is 0 Å². The summed E-state index contributed by atoms with van der Waals surface area (Å²) in [6, 6.07) is 10.9. The fraction of sp³-hybridized carbons (Fsp3) is 0.167. The van der Waals surface area contributed by atoms with E-state index in [0.29, 0.717) is 16.3 Å². The van der Waals surface area contributed by atoms with Crippen LogP contribution in [0.15, 0.2) is 42.0 Å². The number of hydrogen-bond donors (Lipinski definition) is 1. The Hall–Kier alpha value is -2.46. The Morgan fingerprint density at radius 1 is 1.26 bits per heavy atom. The Morgan fingerprint density at radius 2 is 2.09 bits per heavy atom. The lowest BCUT2D eigenvalue weighted by Gasteiger charge is -2.18. The van der Waals surface area contributed by atoms with Gasteiger partial charge in [-0.3, -0.25) is 4.79 Å². The molecule has 0 aliphatic carbocycles. The van der Waals surface area contributed by atoms with Crippen LogP contribution in [0.5, 0.6) is 11.5 Å². The molecule has 0 aromatic heterocycles. The van der Waals surface area contributed by atoms with Gasteiger partial charge in [0.1, 0.15) is 18.1 Å². The summed E-state index contributed by atoms with van der Waals surface area (Å²) in [5.41, 5.74) is 3.01. The molecule has 0 saturated heterocycles. The lowest BCUT2D eigenvalue weighted by molar-refractivity contribution is -0.113. The molecular weight excluding hydrogens is 314 g/mol. The molecule has 2 aromatic rings. The third-order valence-electron chi connectivity index (χ3n) is 3.67. The van der Waals surface area contributed by atoms with E-state index in [0.717, 1.165) is 22.6 Å². The van der Waals surface area contributed by atoms with Gasteiger partial charge in [0.2, 0.25) is 0 Å². The van der Waals surface area contributed by atoms with Crippen molar-refractivity contribution < 1.29 is 14.3 Å². The summed E-state index contributed by atoms with van der Waals surface area (Å²) >= 11 is 5.98. The van der Waals surface area contributed by atoms with E-state index in [2.05, 4.69) is 5.32 Å². The summed E-state index contributed by atoms with van der Waals surface area (Å²) in [5, 5.41) is 3.46. The number of halogens is 1. The third-order valence-corrected chi connectivity index (χ3v) is 3.90. The zero-order chi connectivity index (χ0) is 16.4. The molecule has 118 valence electrons. The van der Waals surface area contributed by atoms with E-state index in [9.17, 15) is 4.79 Å². The summed E-state index contributed by atoms with van der Waals surface area (Å²) < 4.78 is 10.8. The molecule has 1 heterocycles. The molecule has 4 nitrogen and oxygen atoms in total. The molecule has 3 rings (SSSR count). The number of rotatable bonds is 3. The number of fused-ring (bicyclic) bond motifs is 1. The molecule has 0 unspecified atom stereocenters. The highest BCUT2D eigenvalue weighted by Gasteiger charge is 2.18. The number of aryl methyl sites for hydroxylation is 1. The van der Waals surface area contributed by atoms with Gasteiger partial charge in [-0.1, -0.05) is 17.7 Å². The van der Waals surface area contributed by atoms with Crippen molar-refractivity contribution in [2.75, 3.05) is 19.0 Å². The van der Waals surface area contributed by atoms with Crippen LogP contribution >= 0.6 is 11.6 Å². The highest BCUT2D eigenvalue weighted by Crippen LogP contribution is 2.30. The summed E-state index contributed by atoms with van der Waals surface area (Å²) in [4.78, 5) is 12.5. The van der Waals surface area contributed by atoms with E-state index >= 15 is 0 Å². The molecule has 1 aliphatic heterocycles. The zero-order valence-corrected chi connectivity index (χ0v) is 13.6. The Kier molecular flexibility index (Phi) is 4.26. The number of amides is 1. The number of benzene rings is 2. The normalized spacial score (nSPS) is 12.7. The van der Waals surface area contributed by atoms with Crippen molar-refractivity contribution in [2.24, 2.45) is 0 Å². The number of ether oxygens (including phenoxy) is 2. The first-order valence-corrected chi connectivity index (χ1v) is 7.53. The number of carbonyl (C=O) groups is 1. The molecule has 1 aliphatic rings. The molecule has 0 radical (unpaired) electrons. The van der Waals surface area contributed by atoms with Crippen LogP contribution in [0.4, 0.5) is 5.69 Å². The standard InChI is InChI=1S/C18H16ClNO3/c1-11-3-4-14(19)9-16(11)20-18(21)13-7-12-8-15(22-2)5-6-17(12)23-10-13/h3-9H,10H2,1-2H3,(H,20,21). The van der Waals surface area contributed by atoms with Gasteiger partial charge in [0, 0.05) is 16.3 Å². The molecule has 1 N–H and O–H groups in total. The van der Waals surface area contributed by atoms with Gasteiger partial charge >= 0.3 is 0 Å². The highest BCUT2D eigenvalue weighted by molar-refractivity contribution is 6.31. The molecule has 0 atom stereocenters. The summed E-state index contributed by atoms with van der Waals surface area (Å²) in [6.45, 7) is 2.14. The van der Waals surface area contributed by atoms with E-state index < -0.39 is 0 Å². The van der Waals surface area contributed by atoms with Crippen LogP contribution < -0.4 is 14.8 Å². The van der Waals surface area contributed by atoms with Crippen LogP contribution in [0, 0.1) is 6.92 Å². The largest absolute Gasteiger partial charge is 0.497 e. The minimum absolute atomic E-state index is 0.205. The maximum atomic E-state index is 12.5. The minimum Gasteiger partial charge on any atom is -0.497 e. The van der Waals surface area contributed by atoms with Crippen molar-refractivity contribution in [1.82, 2.24) is 0 Å². The first-order chi connectivity index (χ1) is 11.1. The molecule has 0 saturated carbocycles. The van der Waals surface area contributed by atoms with Crippen LogP contribution in [-0.2, 0) is 4.79 Å². The number of carbonyl (C=O) groups excluding carboxylic acids is 1. The second-order valence-electron chi connectivity index (χ2n) is 5.28. The van der Waals surface area contributed by atoms with Crippen molar-refractivity contribution in [1.29, 1.82) is 0 Å². The van der Waals surface area contributed by atoms with Crippen LogP contribution in [0.2, 0.25) is 5.02 Å². The number of nitrogens with one attached hydrogen (secondary N) is 1. The van der Waals surface area contributed by atoms with Crippen molar-refractivity contribution >= 4 is 29.3 Å². The Labute approximate surface area is 139 Å². The van der Waals surface area contributed by atoms with Crippen molar-refractivity contribution in [3.05, 3.63) is 58.1 Å². The van der Waals surface area contributed by atoms with E-state index in [-0.39, 0.29) is 12.5 Å². The third kappa shape index (κ3) is 3.32. The summed E-state index contributed by atoms with van der Waals surface area (Å²) in [6.07, 6.45) is 1.82. The van der Waals surface area contributed by atoms with Gasteiger partial charge in [-0.15, -0.1) is 0 Å². The lowest BCUT2D eigenvalue weighted by Crippen LogP contribution is -2.21. The second kappa shape index (κ2) is 6.34. The monoisotopic (exact) mass is 329 g/mol. The molecule has 0 bridgehead atoms. The van der Waals surface area contributed by atoms with Crippen LogP contribution in [0.25, 0.3) is 6.08 Å². The van der Waals surface area contributed by atoms with Gasteiger partial charge in [-0.05, 0) is 48.9 Å². The van der Waals surface area contributed by atoms with Gasteiger partial charge in [-0.2, -0.15) is 0 Å². The lowest BCUT2D eigenvalue weighted by atomic mass is 10.1. The second-order valence-corrected chi connectivity index (χ2v) is 5.71. The van der Waals surface area contributed by atoms with Gasteiger partial charge in [0.15, 0.2) is 0 Å². The van der Waals surface area contributed by atoms with Crippen molar-refractivity contribution in [3.8, 4) is 11.5 Å². The Bertz CT molecular complexity index is 799. The van der Waals surface area contributed by atoms with Crippen LogP contribution in [0.1, 0.15) is 11.1 Å². The van der Waals surface area contributed by atoms with Gasteiger partial charge in [0.05, 0.1) is 12.7 Å². The Balaban J connectivity index is 1.85. The topological polar surface area (TPSA) is 47.6 Å². The predicted octanol–water partition coefficient (Wildman–Crippen LogP) is 4.07. The van der Waals surface area contributed by atoms with E-state index in [1.54, 1.807) is 19.2 Å². The molecule has 5 heteroatoms. The highest BCUT2D eigenvalue weighted by atomic mass is 35.5. The van der Waals surface area contributed by atoms with Gasteiger partial charge in [-0.25, -0.2) is 0 Å².